The van der Waals surface area contributed by atoms with Gasteiger partial charge in [-0.3, -0.25) is 62.8 Å². The van der Waals surface area contributed by atoms with Crippen molar-refractivity contribution in [1.82, 2.24) is 49.0 Å². The zero-order chi connectivity index (χ0) is 67.3. The quantitative estimate of drug-likeness (QED) is 0.150. The number of amides is 2. The standard InChI is InChI=1S/C63H110N10O16/c1-58(2,3)84-51(76)42-66-24-20-64(21-25-67(43-52(77)85-59(4,5)6)29-33-70(32-28-66)46-55(80)88-62(13,14)15)40-49(74)72-36-37-73(39-48(38-72)57(82)83-19)50(75)41-65-22-26-68(44-53(78)86-60(7,8)9)30-34-71(47-56(81)89-63(16,17)18)35-31-69(27-23-65)45-54(79)87-61(10,11)12/h20,22,24,26,48H,21,23,25,27-47H2,1-19H3/b24-20-,26-22-. The minimum atomic E-state index is -0.936. The first-order valence-corrected chi connectivity index (χ1v) is 31.1. The number of carbonyl (C=O) groups excluding carboxylic acids is 9. The molecule has 0 radical (unpaired) electrons. The molecule has 0 unspecified atom stereocenters. The van der Waals surface area contributed by atoms with Gasteiger partial charge < -0.3 is 62.6 Å². The highest BCUT2D eigenvalue weighted by molar-refractivity contribution is 5.82. The SMILES string of the molecule is COC(=O)C1CN(C(=O)CN2/C=C\N(CC(=O)OC(C)(C)C)CCN(CC(=O)OC(C)(C)C)CCN(CC(=O)OC(C)(C)C)CC2)CCN(C(=O)CN2/C=C\N(CC(=O)OC(C)(C)C)CCN(CC(=O)OC(C)(C)C)CCN(CC(=O)OC(C)(C)C)CC2)C1. The molecule has 0 N–H and O–H groups in total. The van der Waals surface area contributed by atoms with E-state index < -0.39 is 81.3 Å². The van der Waals surface area contributed by atoms with Crippen LogP contribution in [0.3, 0.4) is 0 Å². The zero-order valence-electron chi connectivity index (χ0n) is 57.4. The molecule has 0 spiro atoms. The predicted molar refractivity (Wildman–Crippen MR) is 334 cm³/mol. The summed E-state index contributed by atoms with van der Waals surface area (Å²) in [6.45, 7) is 34.6. The van der Waals surface area contributed by atoms with E-state index in [1.807, 2.05) is 19.6 Å². The molecule has 0 aromatic heterocycles. The molecule has 26 nitrogen and oxygen atoms in total. The maximum absolute atomic E-state index is 14.8. The molecule has 26 heteroatoms. The lowest BCUT2D eigenvalue weighted by molar-refractivity contribution is -0.158. The van der Waals surface area contributed by atoms with Gasteiger partial charge in [0.25, 0.3) is 0 Å². The Morgan fingerprint density at radius 1 is 0.303 bits per heavy atom. The van der Waals surface area contributed by atoms with Crippen molar-refractivity contribution in [1.29, 1.82) is 0 Å². The molecule has 0 aromatic rings. The van der Waals surface area contributed by atoms with Crippen LogP contribution in [-0.4, -0.2) is 300 Å². The van der Waals surface area contributed by atoms with Crippen LogP contribution in [0.4, 0.5) is 0 Å². The van der Waals surface area contributed by atoms with Gasteiger partial charge >= 0.3 is 41.8 Å². The predicted octanol–water partition coefficient (Wildman–Crippen LogP) is 2.88. The summed E-state index contributed by atoms with van der Waals surface area (Å²) in [5, 5.41) is 0. The number of methoxy groups -OCH3 is 1. The highest BCUT2D eigenvalue weighted by atomic mass is 16.6. The van der Waals surface area contributed by atoms with Crippen molar-refractivity contribution in [3.8, 4) is 0 Å². The van der Waals surface area contributed by atoms with Gasteiger partial charge in [0.05, 0.1) is 52.3 Å². The third-order valence-corrected chi connectivity index (χ3v) is 13.3. The normalized spacial score (nSPS) is 18.8. The van der Waals surface area contributed by atoms with Crippen LogP contribution in [0, 0.1) is 5.92 Å². The first-order chi connectivity index (χ1) is 40.9. The molecule has 3 aliphatic rings. The van der Waals surface area contributed by atoms with Gasteiger partial charge in [0.1, 0.15) is 46.7 Å². The van der Waals surface area contributed by atoms with E-state index in [9.17, 15) is 43.2 Å². The van der Waals surface area contributed by atoms with Crippen LogP contribution in [0.2, 0.25) is 0 Å². The first kappa shape index (κ1) is 77.0. The van der Waals surface area contributed by atoms with Crippen LogP contribution in [0.25, 0.3) is 0 Å². The van der Waals surface area contributed by atoms with Crippen molar-refractivity contribution in [2.45, 2.75) is 158 Å². The lowest BCUT2D eigenvalue weighted by Gasteiger charge is -2.33. The van der Waals surface area contributed by atoms with Crippen LogP contribution in [0.5, 0.6) is 0 Å². The summed E-state index contributed by atoms with van der Waals surface area (Å²) in [4.78, 5) is 141. The lowest BCUT2D eigenvalue weighted by atomic mass is 10.1. The van der Waals surface area contributed by atoms with Crippen LogP contribution in [-0.2, 0) is 76.3 Å². The van der Waals surface area contributed by atoms with Gasteiger partial charge in [-0.1, -0.05) is 0 Å². The van der Waals surface area contributed by atoms with Gasteiger partial charge in [0.2, 0.25) is 11.8 Å². The third kappa shape index (κ3) is 34.5. The van der Waals surface area contributed by atoms with E-state index in [0.29, 0.717) is 39.3 Å². The van der Waals surface area contributed by atoms with Crippen LogP contribution < -0.4 is 0 Å². The molecule has 2 amide bonds. The van der Waals surface area contributed by atoms with Crippen molar-refractivity contribution in [2.75, 3.05) is 164 Å². The first-order valence-electron chi connectivity index (χ1n) is 31.1. The Labute approximate surface area is 530 Å². The summed E-state index contributed by atoms with van der Waals surface area (Å²) in [6.07, 6.45) is 6.80. The number of rotatable bonds is 17. The van der Waals surface area contributed by atoms with Gasteiger partial charge in [-0.25, -0.2) is 0 Å². The van der Waals surface area contributed by atoms with Gasteiger partial charge in [0.15, 0.2) is 0 Å². The average Bonchev–Trinajstić information content (AvgIpc) is 2.16. The number of ether oxygens (including phenoxy) is 7. The van der Waals surface area contributed by atoms with E-state index in [-0.39, 0.29) is 130 Å². The Kier molecular flexibility index (Phi) is 29.6. The summed E-state index contributed by atoms with van der Waals surface area (Å²) in [5.74, 6) is -5.02. The van der Waals surface area contributed by atoms with E-state index in [4.69, 9.17) is 33.2 Å². The van der Waals surface area contributed by atoms with Crippen LogP contribution in [0.15, 0.2) is 24.8 Å². The highest BCUT2D eigenvalue weighted by Gasteiger charge is 2.35. The van der Waals surface area contributed by atoms with Crippen molar-refractivity contribution in [3.05, 3.63) is 24.8 Å². The van der Waals surface area contributed by atoms with Crippen molar-refractivity contribution < 1.29 is 76.3 Å². The Bertz CT molecular complexity index is 2260. The number of hydrogen-bond acceptors (Lipinski definition) is 24. The van der Waals surface area contributed by atoms with E-state index in [1.54, 1.807) is 169 Å². The Hall–Kier alpha value is -6.25. The number of nitrogens with zero attached hydrogens (tertiary/aromatic N) is 10. The molecular weight excluding hydrogens is 1150 g/mol. The number of esters is 7. The van der Waals surface area contributed by atoms with E-state index >= 15 is 0 Å². The number of hydrogen-bond donors (Lipinski definition) is 0. The smallest absolute Gasteiger partial charge is 0.326 e. The fourth-order valence-electron chi connectivity index (χ4n) is 9.56. The molecule has 0 aliphatic carbocycles. The summed E-state index contributed by atoms with van der Waals surface area (Å²) in [6, 6.07) is 0. The highest BCUT2D eigenvalue weighted by Crippen LogP contribution is 2.18. The summed E-state index contributed by atoms with van der Waals surface area (Å²) in [5.41, 5.74) is -4.48. The monoisotopic (exact) mass is 1260 g/mol. The average molecular weight is 1260 g/mol. The van der Waals surface area contributed by atoms with Crippen LogP contribution >= 0.6 is 0 Å². The molecule has 1 fully saturated rings. The maximum atomic E-state index is 14.8. The molecular formula is C63H110N10O16. The zero-order valence-corrected chi connectivity index (χ0v) is 57.4. The van der Waals surface area contributed by atoms with Crippen LogP contribution in [0.1, 0.15) is 125 Å². The van der Waals surface area contributed by atoms with Gasteiger partial charge in [-0.05, 0) is 125 Å². The topological polar surface area (TPSA) is 251 Å². The number of carbonyl (C=O) groups is 9. The Morgan fingerprint density at radius 3 is 0.719 bits per heavy atom. The second-order valence-corrected chi connectivity index (χ2v) is 29.0. The van der Waals surface area contributed by atoms with E-state index in [0.717, 1.165) is 0 Å². The molecule has 0 bridgehead atoms. The summed E-state index contributed by atoms with van der Waals surface area (Å²) in [7, 11) is 1.25. The molecule has 1 saturated heterocycles. The molecule has 89 heavy (non-hydrogen) atoms. The molecule has 0 atom stereocenters. The van der Waals surface area contributed by atoms with E-state index in [2.05, 4.69) is 0 Å². The maximum Gasteiger partial charge on any atom is 0.326 e. The molecule has 3 rings (SSSR count). The van der Waals surface area contributed by atoms with Crippen molar-refractivity contribution in [3.63, 3.8) is 0 Å². The molecule has 3 heterocycles. The molecule has 3 aliphatic heterocycles. The van der Waals surface area contributed by atoms with E-state index in [1.165, 1.54) is 16.9 Å². The second kappa shape index (κ2) is 34.3. The molecule has 0 saturated carbocycles. The largest absolute Gasteiger partial charge is 0.469 e. The minimum Gasteiger partial charge on any atom is -0.469 e. The second-order valence-electron chi connectivity index (χ2n) is 29.0. The fraction of sp³-hybridized carbons (Fsp3) is 0.794. The summed E-state index contributed by atoms with van der Waals surface area (Å²) < 4.78 is 39.5. The molecule has 508 valence electrons. The summed E-state index contributed by atoms with van der Waals surface area (Å²) >= 11 is 0. The third-order valence-electron chi connectivity index (χ3n) is 13.3. The van der Waals surface area contributed by atoms with Gasteiger partial charge in [-0.15, -0.1) is 0 Å². The minimum absolute atomic E-state index is 0.0465. The Morgan fingerprint density at radius 2 is 0.506 bits per heavy atom. The van der Waals surface area contributed by atoms with Gasteiger partial charge in [0, 0.05) is 130 Å². The van der Waals surface area contributed by atoms with Crippen molar-refractivity contribution in [2.24, 2.45) is 5.92 Å². The fourth-order valence-corrected chi connectivity index (χ4v) is 9.56. The molecule has 0 aromatic carbocycles. The van der Waals surface area contributed by atoms with Gasteiger partial charge in [-0.2, -0.15) is 0 Å². The Balaban J connectivity index is 2.01. The van der Waals surface area contributed by atoms with Crippen molar-refractivity contribution >= 4 is 53.6 Å². The lowest BCUT2D eigenvalue weighted by Crippen LogP contribution is -2.48.